The van der Waals surface area contributed by atoms with Crippen LogP contribution < -0.4 is 9.47 Å². The van der Waals surface area contributed by atoms with Gasteiger partial charge >= 0.3 is 5.69 Å². The zero-order valence-corrected chi connectivity index (χ0v) is 8.27. The van der Waals surface area contributed by atoms with E-state index in [1.807, 2.05) is 0 Å². The van der Waals surface area contributed by atoms with E-state index in [1.165, 1.54) is 0 Å². The van der Waals surface area contributed by atoms with Gasteiger partial charge in [0.25, 0.3) is 11.8 Å². The predicted molar refractivity (Wildman–Crippen MR) is 48.9 cm³/mol. The molecular formula is C8H8F2N2O4. The van der Waals surface area contributed by atoms with Gasteiger partial charge in [0.1, 0.15) is 13.3 Å². The van der Waals surface area contributed by atoms with Crippen molar-refractivity contribution in [3.8, 4) is 11.8 Å². The smallest absolute Gasteiger partial charge is 0.334 e. The van der Waals surface area contributed by atoms with Gasteiger partial charge in [-0.15, -0.1) is 0 Å². The van der Waals surface area contributed by atoms with Crippen LogP contribution in [-0.4, -0.2) is 30.3 Å². The monoisotopic (exact) mass is 234 g/mol. The lowest BCUT2D eigenvalue weighted by atomic mass is 10.4. The van der Waals surface area contributed by atoms with E-state index in [0.717, 1.165) is 7.11 Å². The number of halogens is 2. The first-order valence-corrected chi connectivity index (χ1v) is 4.17. The fourth-order valence-corrected chi connectivity index (χ4v) is 0.964. The summed E-state index contributed by atoms with van der Waals surface area (Å²) in [5.41, 5.74) is -0.618. The van der Waals surface area contributed by atoms with E-state index in [4.69, 9.17) is 0 Å². The predicted octanol–water partition coefficient (Wildman–Crippen LogP) is 1.49. The molecule has 1 aromatic heterocycles. The second-order valence-electron chi connectivity index (χ2n) is 2.60. The third-order valence-electron chi connectivity index (χ3n) is 1.60. The van der Waals surface area contributed by atoms with Crippen molar-refractivity contribution < 1.29 is 23.2 Å². The van der Waals surface area contributed by atoms with Crippen LogP contribution in [0.4, 0.5) is 14.5 Å². The molecular weight excluding hydrogens is 226 g/mol. The molecule has 0 radical (unpaired) electrons. The fourth-order valence-electron chi connectivity index (χ4n) is 0.964. The highest BCUT2D eigenvalue weighted by molar-refractivity contribution is 5.43. The van der Waals surface area contributed by atoms with Crippen molar-refractivity contribution in [1.29, 1.82) is 0 Å². The number of aromatic nitrogens is 1. The number of alkyl halides is 1. The van der Waals surface area contributed by atoms with E-state index >= 15 is 0 Å². The average Bonchev–Trinajstić information content (AvgIpc) is 2.26. The highest BCUT2D eigenvalue weighted by Gasteiger charge is 2.21. The molecule has 0 aliphatic heterocycles. The van der Waals surface area contributed by atoms with Gasteiger partial charge in [0.15, 0.2) is 5.82 Å². The number of methoxy groups -OCH3 is 1. The molecule has 6 nitrogen and oxygen atoms in total. The number of hydrogen-bond donors (Lipinski definition) is 0. The van der Waals surface area contributed by atoms with Gasteiger partial charge in [-0.3, -0.25) is 10.1 Å². The summed E-state index contributed by atoms with van der Waals surface area (Å²) >= 11 is 0. The number of nitro groups is 1. The molecule has 0 saturated carbocycles. The molecule has 0 bridgehead atoms. The van der Waals surface area contributed by atoms with Gasteiger partial charge < -0.3 is 9.47 Å². The molecule has 8 heteroatoms. The molecule has 0 spiro atoms. The van der Waals surface area contributed by atoms with Crippen LogP contribution >= 0.6 is 0 Å². The Kier molecular flexibility index (Phi) is 3.92. The van der Waals surface area contributed by atoms with E-state index < -0.39 is 29.0 Å². The number of rotatable bonds is 5. The molecule has 0 atom stereocenters. The number of pyridine rings is 1. The molecule has 0 N–H and O–H groups in total. The summed E-state index contributed by atoms with van der Waals surface area (Å²) in [6.07, 6.45) is 0. The van der Waals surface area contributed by atoms with Crippen LogP contribution in [-0.2, 0) is 0 Å². The highest BCUT2D eigenvalue weighted by Crippen LogP contribution is 2.29. The van der Waals surface area contributed by atoms with Gasteiger partial charge in [-0.05, 0) is 0 Å². The average molecular weight is 234 g/mol. The summed E-state index contributed by atoms with van der Waals surface area (Å²) in [6.45, 7) is -1.20. The summed E-state index contributed by atoms with van der Waals surface area (Å²) in [7, 11) is 1.15. The van der Waals surface area contributed by atoms with Crippen molar-refractivity contribution in [3.63, 3.8) is 0 Å². The highest BCUT2D eigenvalue weighted by atomic mass is 19.1. The van der Waals surface area contributed by atoms with Crippen molar-refractivity contribution in [3.05, 3.63) is 22.0 Å². The SMILES string of the molecule is COc1nc(OCCF)c(F)cc1[N+](=O)[O-]. The zero-order chi connectivity index (χ0) is 12.1. The summed E-state index contributed by atoms with van der Waals surface area (Å²) in [6, 6.07) is 0.611. The van der Waals surface area contributed by atoms with Crippen molar-refractivity contribution in [2.24, 2.45) is 0 Å². The van der Waals surface area contributed by atoms with Crippen molar-refractivity contribution in [1.82, 2.24) is 4.98 Å². The Labute approximate surface area is 89.0 Å². The minimum absolute atomic E-state index is 0.384. The lowest BCUT2D eigenvalue weighted by Crippen LogP contribution is -2.05. The molecule has 1 heterocycles. The third kappa shape index (κ3) is 2.53. The van der Waals surface area contributed by atoms with Gasteiger partial charge in [-0.2, -0.15) is 4.98 Å². The lowest BCUT2D eigenvalue weighted by molar-refractivity contribution is -0.386. The second kappa shape index (κ2) is 5.19. The van der Waals surface area contributed by atoms with E-state index in [-0.39, 0.29) is 12.5 Å². The first kappa shape index (κ1) is 12.1. The Morgan fingerprint density at radius 1 is 1.56 bits per heavy atom. The molecule has 0 aromatic carbocycles. The van der Waals surface area contributed by atoms with Crippen molar-refractivity contribution in [2.45, 2.75) is 0 Å². The van der Waals surface area contributed by atoms with Gasteiger partial charge in [0.2, 0.25) is 0 Å². The van der Waals surface area contributed by atoms with Crippen molar-refractivity contribution in [2.75, 3.05) is 20.4 Å². The van der Waals surface area contributed by atoms with Crippen LogP contribution in [0.1, 0.15) is 0 Å². The molecule has 0 amide bonds. The zero-order valence-electron chi connectivity index (χ0n) is 8.27. The van der Waals surface area contributed by atoms with Crippen LogP contribution in [0.3, 0.4) is 0 Å². The maximum Gasteiger partial charge on any atom is 0.334 e. The number of nitrogens with zero attached hydrogens (tertiary/aromatic N) is 2. The molecule has 1 aromatic rings. The first-order chi connectivity index (χ1) is 7.60. The first-order valence-electron chi connectivity index (χ1n) is 4.17. The third-order valence-corrected chi connectivity index (χ3v) is 1.60. The summed E-state index contributed by atoms with van der Waals surface area (Å²) in [5.74, 6) is -1.96. The number of hydrogen-bond acceptors (Lipinski definition) is 5. The van der Waals surface area contributed by atoms with E-state index in [2.05, 4.69) is 14.5 Å². The van der Waals surface area contributed by atoms with Crippen molar-refractivity contribution >= 4 is 5.69 Å². The largest absolute Gasteiger partial charge is 0.476 e. The van der Waals surface area contributed by atoms with Gasteiger partial charge in [0.05, 0.1) is 18.1 Å². The van der Waals surface area contributed by atoms with Gasteiger partial charge in [0, 0.05) is 0 Å². The minimum Gasteiger partial charge on any atom is -0.476 e. The Balaban J connectivity index is 3.10. The maximum atomic E-state index is 13.2. The van der Waals surface area contributed by atoms with Gasteiger partial charge in [-0.1, -0.05) is 0 Å². The second-order valence-corrected chi connectivity index (χ2v) is 2.60. The van der Waals surface area contributed by atoms with Crippen LogP contribution in [0.25, 0.3) is 0 Å². The lowest BCUT2D eigenvalue weighted by Gasteiger charge is -2.06. The molecule has 0 unspecified atom stereocenters. The molecule has 0 aliphatic carbocycles. The Morgan fingerprint density at radius 2 is 2.25 bits per heavy atom. The molecule has 88 valence electrons. The van der Waals surface area contributed by atoms with Crippen LogP contribution in [0.15, 0.2) is 6.07 Å². The van der Waals surface area contributed by atoms with E-state index in [9.17, 15) is 18.9 Å². The van der Waals surface area contributed by atoms with Crippen LogP contribution in [0, 0.1) is 15.9 Å². The Hall–Kier alpha value is -1.99. The van der Waals surface area contributed by atoms with Crippen LogP contribution in [0.5, 0.6) is 11.8 Å². The summed E-state index contributed by atoms with van der Waals surface area (Å²) in [4.78, 5) is 13.1. The molecule has 1 rings (SSSR count). The Morgan fingerprint density at radius 3 is 2.75 bits per heavy atom. The van der Waals surface area contributed by atoms with E-state index in [1.54, 1.807) is 0 Å². The van der Waals surface area contributed by atoms with E-state index in [0.29, 0.717) is 6.07 Å². The topological polar surface area (TPSA) is 74.5 Å². The molecule has 0 aliphatic rings. The van der Waals surface area contributed by atoms with Gasteiger partial charge in [-0.25, -0.2) is 8.78 Å². The normalized spacial score (nSPS) is 9.94. The Bertz CT molecular complexity index is 400. The molecule has 16 heavy (non-hydrogen) atoms. The maximum absolute atomic E-state index is 13.2. The van der Waals surface area contributed by atoms with Crippen LogP contribution in [0.2, 0.25) is 0 Å². The molecule has 0 saturated heterocycles. The quantitative estimate of drug-likeness (QED) is 0.569. The fraction of sp³-hybridized carbons (Fsp3) is 0.375. The summed E-state index contributed by atoms with van der Waals surface area (Å²) < 4.78 is 34.2. The number of ether oxygens (including phenoxy) is 2. The standard InChI is InChI=1S/C8H8F2N2O4/c1-15-8-6(12(13)14)4-5(10)7(11-8)16-3-2-9/h4H,2-3H2,1H3. The minimum atomic E-state index is -1.04. The molecule has 0 fully saturated rings. The summed E-state index contributed by atoms with van der Waals surface area (Å²) in [5, 5.41) is 10.5.